The quantitative estimate of drug-likeness (QED) is 0.156. The predicted molar refractivity (Wildman–Crippen MR) is 97.1 cm³/mol. The summed E-state index contributed by atoms with van der Waals surface area (Å²) in [7, 11) is 0. The second kappa shape index (κ2) is 17.3. The third-order valence-electron chi connectivity index (χ3n) is 4.21. The normalized spacial score (nSPS) is 11.2. The van der Waals surface area contributed by atoms with E-state index in [1.165, 1.54) is 64.2 Å². The summed E-state index contributed by atoms with van der Waals surface area (Å²) in [5.74, 6) is 0. The number of allylic oxidation sites excluding steroid dienone is 1. The van der Waals surface area contributed by atoms with Crippen LogP contribution in [0.25, 0.3) is 0 Å². The molecule has 0 nitrogen and oxygen atoms in total. The summed E-state index contributed by atoms with van der Waals surface area (Å²) in [6, 6.07) is 0. The molecule has 0 aliphatic heterocycles. The predicted octanol–water partition coefficient (Wildman–Crippen LogP) is 7.39. The van der Waals surface area contributed by atoms with Crippen molar-refractivity contribution in [1.29, 1.82) is 0 Å². The van der Waals surface area contributed by atoms with Crippen LogP contribution in [0.1, 0.15) is 90.9 Å². The van der Waals surface area contributed by atoms with Gasteiger partial charge in [-0.25, -0.2) is 0 Å². The topological polar surface area (TPSA) is 0 Å². The number of rotatable bonds is 16. The van der Waals surface area contributed by atoms with Crippen LogP contribution < -0.4 is 0 Å². The second-order valence-electron chi connectivity index (χ2n) is 6.26. The maximum atomic E-state index is 3.82. The molecule has 0 saturated carbocycles. The molecule has 119 valence electrons. The number of hydrogen-bond donors (Lipinski definition) is 0. The molecular weight excluding hydrogens is 301 g/mol. The first-order valence-corrected chi connectivity index (χ1v) is 13.7. The summed E-state index contributed by atoms with van der Waals surface area (Å²) in [6.07, 6.45) is 19.4. The van der Waals surface area contributed by atoms with E-state index in [0.29, 0.717) is 0 Å². The minimum atomic E-state index is -0.680. The average molecular weight is 340 g/mol. The molecule has 0 aromatic carbocycles. The maximum absolute atomic E-state index is 3.82. The molecule has 0 aliphatic rings. The molecule has 1 heteroatoms. The zero-order valence-electron chi connectivity index (χ0n) is 14.4. The van der Waals surface area contributed by atoms with Crippen LogP contribution in [-0.2, 0) is 0 Å². The van der Waals surface area contributed by atoms with Crippen molar-refractivity contribution < 1.29 is 0 Å². The van der Waals surface area contributed by atoms with Crippen LogP contribution in [0.5, 0.6) is 0 Å². The van der Waals surface area contributed by atoms with E-state index in [4.69, 9.17) is 0 Å². The van der Waals surface area contributed by atoms with Gasteiger partial charge in [0.1, 0.15) is 0 Å². The van der Waals surface area contributed by atoms with Crippen molar-refractivity contribution in [3.8, 4) is 0 Å². The summed E-state index contributed by atoms with van der Waals surface area (Å²) in [5.41, 5.74) is 0. The van der Waals surface area contributed by atoms with Gasteiger partial charge < -0.3 is 0 Å². The van der Waals surface area contributed by atoms with Crippen LogP contribution >= 0.6 is 0 Å². The van der Waals surface area contributed by atoms with E-state index in [0.717, 1.165) is 0 Å². The fourth-order valence-electron chi connectivity index (χ4n) is 2.82. The van der Waals surface area contributed by atoms with E-state index < -0.39 is 14.3 Å². The standard InChI is InChI=1S/C19H39Ge/c1-4-7-10-13-16-19-20(17-14-11-8-5-2)18-15-12-9-6-3/h4H,1,5-19H2,2-3H3. The van der Waals surface area contributed by atoms with E-state index in [1.807, 2.05) is 0 Å². The van der Waals surface area contributed by atoms with Gasteiger partial charge in [0, 0.05) is 0 Å². The Morgan fingerprint density at radius 3 is 1.50 bits per heavy atom. The molecule has 0 aromatic heterocycles. The van der Waals surface area contributed by atoms with Crippen LogP contribution in [-0.4, -0.2) is 14.3 Å². The van der Waals surface area contributed by atoms with Crippen molar-refractivity contribution in [1.82, 2.24) is 0 Å². The monoisotopic (exact) mass is 341 g/mol. The molecule has 0 saturated heterocycles. The van der Waals surface area contributed by atoms with E-state index in [9.17, 15) is 0 Å². The van der Waals surface area contributed by atoms with Gasteiger partial charge in [-0.15, -0.1) is 0 Å². The molecule has 0 atom stereocenters. The number of hydrogen-bond acceptors (Lipinski definition) is 0. The Labute approximate surface area is 133 Å². The molecule has 0 rings (SSSR count). The zero-order valence-corrected chi connectivity index (χ0v) is 16.5. The molecule has 0 fully saturated rings. The van der Waals surface area contributed by atoms with E-state index in [2.05, 4.69) is 26.5 Å². The van der Waals surface area contributed by atoms with Gasteiger partial charge in [0.05, 0.1) is 0 Å². The Hall–Kier alpha value is 0.283. The van der Waals surface area contributed by atoms with Gasteiger partial charge in [-0.05, 0) is 0 Å². The molecule has 0 heterocycles. The van der Waals surface area contributed by atoms with E-state index >= 15 is 0 Å². The van der Waals surface area contributed by atoms with Crippen molar-refractivity contribution in [2.75, 3.05) is 0 Å². The average Bonchev–Trinajstić information content (AvgIpc) is 2.47. The molecule has 0 amide bonds. The van der Waals surface area contributed by atoms with Crippen LogP contribution in [0.2, 0.25) is 15.8 Å². The fourth-order valence-corrected chi connectivity index (χ4v) is 9.11. The Kier molecular flexibility index (Phi) is 17.6. The molecule has 0 spiro atoms. The summed E-state index contributed by atoms with van der Waals surface area (Å²) in [6.45, 7) is 8.46. The first kappa shape index (κ1) is 20.3. The Morgan fingerprint density at radius 1 is 0.650 bits per heavy atom. The number of unbranched alkanes of at least 4 members (excludes halogenated alkanes) is 9. The molecular formula is C19H39Ge. The van der Waals surface area contributed by atoms with Crippen molar-refractivity contribution in [2.24, 2.45) is 0 Å². The first-order chi connectivity index (χ1) is 9.85. The molecule has 20 heavy (non-hydrogen) atoms. The van der Waals surface area contributed by atoms with Crippen LogP contribution in [0.3, 0.4) is 0 Å². The Balaban J connectivity index is 3.69. The molecule has 0 unspecified atom stereocenters. The minimum absolute atomic E-state index is 0.680. The van der Waals surface area contributed by atoms with Gasteiger partial charge in [0.15, 0.2) is 0 Å². The first-order valence-electron chi connectivity index (χ1n) is 9.29. The summed E-state index contributed by atoms with van der Waals surface area (Å²) in [5, 5.41) is 4.97. The summed E-state index contributed by atoms with van der Waals surface area (Å²) in [4.78, 5) is 0. The van der Waals surface area contributed by atoms with Crippen LogP contribution in [0.15, 0.2) is 12.7 Å². The van der Waals surface area contributed by atoms with Crippen molar-refractivity contribution in [3.63, 3.8) is 0 Å². The Bertz CT molecular complexity index is 176. The van der Waals surface area contributed by atoms with Crippen LogP contribution in [0, 0.1) is 0 Å². The zero-order chi connectivity index (χ0) is 14.9. The Morgan fingerprint density at radius 2 is 1.10 bits per heavy atom. The van der Waals surface area contributed by atoms with Gasteiger partial charge in [-0.3, -0.25) is 0 Å². The van der Waals surface area contributed by atoms with Gasteiger partial charge >= 0.3 is 134 Å². The molecule has 0 aliphatic carbocycles. The molecule has 0 N–H and O–H groups in total. The molecule has 0 bridgehead atoms. The van der Waals surface area contributed by atoms with Gasteiger partial charge in [0.25, 0.3) is 0 Å². The van der Waals surface area contributed by atoms with Crippen molar-refractivity contribution in [2.45, 2.75) is 107 Å². The summed E-state index contributed by atoms with van der Waals surface area (Å²) >= 11 is -0.680. The van der Waals surface area contributed by atoms with Crippen molar-refractivity contribution >= 4 is 14.3 Å². The van der Waals surface area contributed by atoms with Crippen molar-refractivity contribution in [3.05, 3.63) is 12.7 Å². The van der Waals surface area contributed by atoms with E-state index in [-0.39, 0.29) is 0 Å². The SMILES string of the molecule is C=CCCCC[CH2][Ge]([CH2]CCCCC)[CH2]CCCCC. The second-order valence-corrected chi connectivity index (χ2v) is 12.6. The van der Waals surface area contributed by atoms with Crippen LogP contribution in [0.4, 0.5) is 0 Å². The van der Waals surface area contributed by atoms with Gasteiger partial charge in [-0.2, -0.15) is 0 Å². The molecule has 0 aromatic rings. The fraction of sp³-hybridized carbons (Fsp3) is 0.895. The van der Waals surface area contributed by atoms with E-state index in [1.54, 1.807) is 28.6 Å². The van der Waals surface area contributed by atoms with Gasteiger partial charge in [-0.1, -0.05) is 0 Å². The third kappa shape index (κ3) is 14.7. The summed E-state index contributed by atoms with van der Waals surface area (Å²) < 4.78 is 0. The third-order valence-corrected chi connectivity index (χ3v) is 10.9. The van der Waals surface area contributed by atoms with Gasteiger partial charge in [0.2, 0.25) is 0 Å². The molecule has 1 radical (unpaired) electrons.